The molecule has 2 heterocycles. The van der Waals surface area contributed by atoms with Crippen LogP contribution in [0.5, 0.6) is 0 Å². The predicted octanol–water partition coefficient (Wildman–Crippen LogP) is 13.9. The Morgan fingerprint density at radius 2 is 0.891 bits per heavy atom. The number of nitrogens with zero attached hydrogens (tertiary/aromatic N) is 8. The van der Waals surface area contributed by atoms with Crippen LogP contribution in [-0.4, -0.2) is 14.5 Å². The summed E-state index contributed by atoms with van der Waals surface area (Å²) in [7, 11) is 0. The van der Waals surface area contributed by atoms with E-state index in [0.717, 1.165) is 83.8 Å². The van der Waals surface area contributed by atoms with Crippen molar-refractivity contribution in [3.05, 3.63) is 222 Å². The maximum atomic E-state index is 9.48. The van der Waals surface area contributed by atoms with Crippen molar-refractivity contribution in [1.29, 1.82) is 15.8 Å². The molecule has 2 aromatic heterocycles. The van der Waals surface area contributed by atoms with Gasteiger partial charge in [-0.1, -0.05) is 78.9 Å². The van der Waals surface area contributed by atoms with Crippen molar-refractivity contribution in [2.45, 2.75) is 0 Å². The van der Waals surface area contributed by atoms with E-state index in [1.54, 1.807) is 24.3 Å². The van der Waals surface area contributed by atoms with E-state index >= 15 is 0 Å². The number of nitriles is 3. The minimum Gasteiger partial charge on any atom is -0.311 e. The van der Waals surface area contributed by atoms with Crippen molar-refractivity contribution in [3.63, 3.8) is 0 Å². The zero-order valence-corrected chi connectivity index (χ0v) is 34.1. The normalized spacial score (nSPS) is 10.8. The van der Waals surface area contributed by atoms with Crippen LogP contribution in [0.2, 0.25) is 0 Å². The lowest BCUT2D eigenvalue weighted by atomic mass is 10.0. The van der Waals surface area contributed by atoms with Gasteiger partial charge in [0.15, 0.2) is 11.5 Å². The van der Waals surface area contributed by atoms with Crippen LogP contribution < -0.4 is 4.90 Å². The maximum absolute atomic E-state index is 9.48. The molecule has 0 saturated heterocycles. The molecule has 0 N–H and O–H groups in total. The van der Waals surface area contributed by atoms with E-state index in [4.69, 9.17) is 16.5 Å². The Morgan fingerprint density at radius 3 is 1.45 bits per heavy atom. The Balaban J connectivity index is 0.987. The Hall–Kier alpha value is -9.60. The first-order chi connectivity index (χ1) is 31.5. The van der Waals surface area contributed by atoms with Gasteiger partial charge >= 0.3 is 0 Å². The molecule has 8 aromatic carbocycles. The lowest BCUT2D eigenvalue weighted by Crippen LogP contribution is -2.09. The standard InChI is InChI=1S/C56H32N8/c1-60-45-22-28-47(29-23-45)63(46-24-10-39(36-59)11-25-46)49-30-31-55-51(32-49)50-4-2-3-5-54(50)64(55)48-26-20-41(21-27-48)40-16-18-43(19-17-40)53-33-52(42-12-6-37(34-57)7-13-42)61-56(62-53)44-14-8-38(35-58)9-15-44/h2-33H. The number of hydrogen-bond acceptors (Lipinski definition) is 6. The van der Waals surface area contributed by atoms with Crippen molar-refractivity contribution in [3.8, 4) is 68.9 Å². The third-order valence-corrected chi connectivity index (χ3v) is 11.4. The molecular formula is C56H32N8. The summed E-state index contributed by atoms with van der Waals surface area (Å²) in [4.78, 5) is 15.6. The average molecular weight is 817 g/mol. The third-order valence-electron chi connectivity index (χ3n) is 11.4. The van der Waals surface area contributed by atoms with Gasteiger partial charge in [0, 0.05) is 50.2 Å². The van der Waals surface area contributed by atoms with E-state index in [1.165, 1.54) is 0 Å². The summed E-state index contributed by atoms with van der Waals surface area (Å²) in [5.74, 6) is 0.540. The summed E-state index contributed by atoms with van der Waals surface area (Å²) in [6.45, 7) is 7.47. The molecule has 0 amide bonds. The first-order valence-electron chi connectivity index (χ1n) is 20.4. The first kappa shape index (κ1) is 38.6. The van der Waals surface area contributed by atoms with Crippen LogP contribution in [0.3, 0.4) is 0 Å². The Labute approximate surface area is 369 Å². The Morgan fingerprint density at radius 1 is 0.438 bits per heavy atom. The maximum Gasteiger partial charge on any atom is 0.187 e. The van der Waals surface area contributed by atoms with Gasteiger partial charge in [0.05, 0.1) is 63.9 Å². The van der Waals surface area contributed by atoms with Gasteiger partial charge in [-0.05, 0) is 126 Å². The van der Waals surface area contributed by atoms with Gasteiger partial charge < -0.3 is 9.47 Å². The summed E-state index contributed by atoms with van der Waals surface area (Å²) in [5, 5.41) is 30.4. The number of fused-ring (bicyclic) bond motifs is 3. The molecule has 0 saturated carbocycles. The van der Waals surface area contributed by atoms with E-state index in [9.17, 15) is 15.8 Å². The lowest BCUT2D eigenvalue weighted by Gasteiger charge is -2.26. The smallest absolute Gasteiger partial charge is 0.187 e. The van der Waals surface area contributed by atoms with Crippen LogP contribution in [0.25, 0.3) is 77.4 Å². The van der Waals surface area contributed by atoms with Crippen molar-refractivity contribution < 1.29 is 0 Å². The quantitative estimate of drug-likeness (QED) is 0.141. The van der Waals surface area contributed by atoms with Crippen LogP contribution in [0, 0.1) is 40.6 Å². The second kappa shape index (κ2) is 16.5. The molecule has 0 fully saturated rings. The highest BCUT2D eigenvalue weighted by molar-refractivity contribution is 6.10. The average Bonchev–Trinajstić information content (AvgIpc) is 3.70. The summed E-state index contributed by atoms with van der Waals surface area (Å²) >= 11 is 0. The van der Waals surface area contributed by atoms with Crippen molar-refractivity contribution in [1.82, 2.24) is 14.5 Å². The fourth-order valence-electron chi connectivity index (χ4n) is 8.10. The highest BCUT2D eigenvalue weighted by Crippen LogP contribution is 2.40. The van der Waals surface area contributed by atoms with E-state index in [0.29, 0.717) is 28.2 Å². The molecular weight excluding hydrogens is 785 g/mol. The topological polar surface area (TPSA) is 110 Å². The second-order valence-electron chi connectivity index (χ2n) is 15.1. The second-order valence-corrected chi connectivity index (χ2v) is 15.1. The molecule has 8 nitrogen and oxygen atoms in total. The van der Waals surface area contributed by atoms with Crippen LogP contribution in [0.1, 0.15) is 16.7 Å². The predicted molar refractivity (Wildman–Crippen MR) is 253 cm³/mol. The van der Waals surface area contributed by atoms with Crippen molar-refractivity contribution >= 4 is 44.6 Å². The first-order valence-corrected chi connectivity index (χ1v) is 20.4. The largest absolute Gasteiger partial charge is 0.311 e. The number of aromatic nitrogens is 3. The number of benzene rings is 8. The number of para-hydroxylation sites is 1. The fourth-order valence-corrected chi connectivity index (χ4v) is 8.10. The molecule has 0 aliphatic rings. The molecule has 0 atom stereocenters. The number of hydrogen-bond donors (Lipinski definition) is 0. The van der Waals surface area contributed by atoms with Gasteiger partial charge in [0.2, 0.25) is 0 Å². The number of rotatable bonds is 8. The molecule has 296 valence electrons. The fraction of sp³-hybridized carbons (Fsp3) is 0. The Bertz CT molecular complexity index is 3410. The molecule has 0 bridgehead atoms. The molecule has 8 heteroatoms. The number of anilines is 3. The molecule has 0 aliphatic heterocycles. The molecule has 0 radical (unpaired) electrons. The van der Waals surface area contributed by atoms with Crippen molar-refractivity contribution in [2.24, 2.45) is 0 Å². The molecule has 10 rings (SSSR count). The zero-order valence-electron chi connectivity index (χ0n) is 34.1. The highest BCUT2D eigenvalue weighted by atomic mass is 15.1. The zero-order chi connectivity index (χ0) is 43.6. The minimum absolute atomic E-state index is 0.540. The van der Waals surface area contributed by atoms with Gasteiger partial charge in [0.1, 0.15) is 0 Å². The Kier molecular flexibility index (Phi) is 9.92. The molecule has 10 aromatic rings. The summed E-state index contributed by atoms with van der Waals surface area (Å²) < 4.78 is 2.30. The van der Waals surface area contributed by atoms with Crippen LogP contribution in [0.15, 0.2) is 194 Å². The van der Waals surface area contributed by atoms with Crippen LogP contribution in [-0.2, 0) is 0 Å². The van der Waals surface area contributed by atoms with Crippen LogP contribution >= 0.6 is 0 Å². The summed E-state index contributed by atoms with van der Waals surface area (Å²) in [6, 6.07) is 70.1. The van der Waals surface area contributed by atoms with Crippen molar-refractivity contribution in [2.75, 3.05) is 4.90 Å². The highest BCUT2D eigenvalue weighted by Gasteiger charge is 2.18. The molecule has 0 unspecified atom stereocenters. The van der Waals surface area contributed by atoms with Gasteiger partial charge in [-0.15, -0.1) is 0 Å². The molecule has 0 aliphatic carbocycles. The van der Waals surface area contributed by atoms with E-state index in [-0.39, 0.29) is 0 Å². The summed E-state index contributed by atoms with van der Waals surface area (Å²) in [5.41, 5.74) is 14.4. The van der Waals surface area contributed by atoms with Crippen LogP contribution in [0.4, 0.5) is 22.7 Å². The van der Waals surface area contributed by atoms with Gasteiger partial charge in [0.25, 0.3) is 0 Å². The van der Waals surface area contributed by atoms with Gasteiger partial charge in [-0.2, -0.15) is 15.8 Å². The lowest BCUT2D eigenvalue weighted by molar-refractivity contribution is 1.18. The van der Waals surface area contributed by atoms with E-state index in [2.05, 4.69) is 124 Å². The molecule has 64 heavy (non-hydrogen) atoms. The molecule has 0 spiro atoms. The van der Waals surface area contributed by atoms with Gasteiger partial charge in [-0.25, -0.2) is 14.8 Å². The summed E-state index contributed by atoms with van der Waals surface area (Å²) in [6.07, 6.45) is 0. The SMILES string of the molecule is [C-]#[N+]c1ccc(N(c2ccc(C#N)cc2)c2ccc3c(c2)c2ccccc2n3-c2ccc(-c3ccc(-c4cc(-c5ccc(C#N)cc5)nc(-c5ccc(C#N)cc5)n4)cc3)cc2)cc1. The van der Waals surface area contributed by atoms with E-state index in [1.807, 2.05) is 78.9 Å². The monoisotopic (exact) mass is 816 g/mol. The minimum atomic E-state index is 0.540. The third kappa shape index (κ3) is 7.23. The van der Waals surface area contributed by atoms with E-state index < -0.39 is 0 Å². The van der Waals surface area contributed by atoms with Gasteiger partial charge in [-0.3, -0.25) is 0 Å².